The summed E-state index contributed by atoms with van der Waals surface area (Å²) in [6, 6.07) is 18.7. The van der Waals surface area contributed by atoms with Gasteiger partial charge in [0.2, 0.25) is 0 Å². The van der Waals surface area contributed by atoms with Gasteiger partial charge in [0, 0.05) is 17.4 Å². The molecule has 0 radical (unpaired) electrons. The van der Waals surface area contributed by atoms with Gasteiger partial charge in [-0.3, -0.25) is 0 Å². The van der Waals surface area contributed by atoms with Crippen molar-refractivity contribution in [2.45, 2.75) is 12.8 Å². The van der Waals surface area contributed by atoms with Crippen molar-refractivity contribution in [2.75, 3.05) is 6.54 Å². The standard InChI is InChI=1S/C16H16BrNS/c17-15-8-6-14(7-9-15)12-16(19)18-11-10-13-4-2-1-3-5-13/h1-9H,10-12H2,(H,18,19). The average Bonchev–Trinajstić information content (AvgIpc) is 2.43. The first kappa shape index (κ1) is 14.2. The highest BCUT2D eigenvalue weighted by Crippen LogP contribution is 2.11. The van der Waals surface area contributed by atoms with E-state index < -0.39 is 0 Å². The minimum Gasteiger partial charge on any atom is -0.379 e. The third kappa shape index (κ3) is 5.13. The van der Waals surface area contributed by atoms with Crippen LogP contribution in [0.5, 0.6) is 0 Å². The molecule has 0 aliphatic carbocycles. The van der Waals surface area contributed by atoms with E-state index >= 15 is 0 Å². The van der Waals surface area contributed by atoms with Crippen LogP contribution in [0.25, 0.3) is 0 Å². The molecule has 0 saturated carbocycles. The Balaban J connectivity index is 1.74. The zero-order valence-corrected chi connectivity index (χ0v) is 13.0. The molecule has 0 atom stereocenters. The van der Waals surface area contributed by atoms with Gasteiger partial charge in [0.15, 0.2) is 0 Å². The maximum atomic E-state index is 5.36. The lowest BCUT2D eigenvalue weighted by Crippen LogP contribution is -2.25. The first-order valence-corrected chi connectivity index (χ1v) is 7.49. The van der Waals surface area contributed by atoms with Crippen LogP contribution >= 0.6 is 28.1 Å². The lowest BCUT2D eigenvalue weighted by atomic mass is 10.1. The van der Waals surface area contributed by atoms with Gasteiger partial charge in [-0.15, -0.1) is 0 Å². The highest BCUT2D eigenvalue weighted by Gasteiger charge is 1.99. The van der Waals surface area contributed by atoms with Gasteiger partial charge >= 0.3 is 0 Å². The van der Waals surface area contributed by atoms with Crippen LogP contribution in [-0.4, -0.2) is 11.5 Å². The first-order chi connectivity index (χ1) is 9.24. The second kappa shape index (κ2) is 7.41. The summed E-state index contributed by atoms with van der Waals surface area (Å²) in [7, 11) is 0. The van der Waals surface area contributed by atoms with Crippen molar-refractivity contribution in [3.05, 3.63) is 70.2 Å². The monoisotopic (exact) mass is 333 g/mol. The van der Waals surface area contributed by atoms with Gasteiger partial charge in [-0.05, 0) is 29.7 Å². The fraction of sp³-hybridized carbons (Fsp3) is 0.188. The van der Waals surface area contributed by atoms with Crippen LogP contribution in [0.4, 0.5) is 0 Å². The Morgan fingerprint density at radius 2 is 1.63 bits per heavy atom. The summed E-state index contributed by atoms with van der Waals surface area (Å²) in [4.78, 5) is 0.901. The van der Waals surface area contributed by atoms with E-state index in [1.165, 1.54) is 11.1 Å². The van der Waals surface area contributed by atoms with Crippen molar-refractivity contribution in [3.63, 3.8) is 0 Å². The molecule has 0 heterocycles. The molecular weight excluding hydrogens is 318 g/mol. The molecule has 0 fully saturated rings. The predicted octanol–water partition coefficient (Wildman–Crippen LogP) is 4.15. The number of halogens is 1. The Bertz CT molecular complexity index is 522. The van der Waals surface area contributed by atoms with Crippen LogP contribution in [0, 0.1) is 0 Å². The third-order valence-electron chi connectivity index (χ3n) is 2.86. The molecule has 2 aromatic carbocycles. The Kier molecular flexibility index (Phi) is 5.55. The van der Waals surface area contributed by atoms with Crippen molar-refractivity contribution < 1.29 is 0 Å². The molecular formula is C16H16BrNS. The van der Waals surface area contributed by atoms with Crippen molar-refractivity contribution in [1.29, 1.82) is 0 Å². The molecule has 0 unspecified atom stereocenters. The third-order valence-corrected chi connectivity index (χ3v) is 3.67. The van der Waals surface area contributed by atoms with Gasteiger partial charge < -0.3 is 5.32 Å². The van der Waals surface area contributed by atoms with Gasteiger partial charge in [-0.25, -0.2) is 0 Å². The topological polar surface area (TPSA) is 12.0 Å². The first-order valence-electron chi connectivity index (χ1n) is 6.29. The molecule has 3 heteroatoms. The summed E-state index contributed by atoms with van der Waals surface area (Å²) >= 11 is 8.79. The van der Waals surface area contributed by atoms with Crippen LogP contribution in [0.1, 0.15) is 11.1 Å². The minimum absolute atomic E-state index is 0.803. The Labute approximate surface area is 128 Å². The molecule has 1 N–H and O–H groups in total. The van der Waals surface area contributed by atoms with E-state index in [4.69, 9.17) is 12.2 Å². The van der Waals surface area contributed by atoms with Crippen molar-refractivity contribution in [3.8, 4) is 0 Å². The van der Waals surface area contributed by atoms with Gasteiger partial charge in [0.1, 0.15) is 0 Å². The Morgan fingerprint density at radius 3 is 2.32 bits per heavy atom. The summed E-state index contributed by atoms with van der Waals surface area (Å²) in [5, 5.41) is 3.31. The predicted molar refractivity (Wildman–Crippen MR) is 88.6 cm³/mol. The molecule has 0 spiro atoms. The van der Waals surface area contributed by atoms with Crippen molar-refractivity contribution in [2.24, 2.45) is 0 Å². The van der Waals surface area contributed by atoms with Gasteiger partial charge in [-0.1, -0.05) is 70.6 Å². The zero-order chi connectivity index (χ0) is 13.5. The van der Waals surface area contributed by atoms with Crippen LogP contribution in [0.15, 0.2) is 59.1 Å². The zero-order valence-electron chi connectivity index (χ0n) is 10.6. The Hall–Kier alpha value is -1.19. The molecule has 0 saturated heterocycles. The summed E-state index contributed by atoms with van der Waals surface area (Å²) in [6.07, 6.45) is 1.80. The summed E-state index contributed by atoms with van der Waals surface area (Å²) < 4.78 is 1.10. The highest BCUT2D eigenvalue weighted by atomic mass is 79.9. The summed E-state index contributed by atoms with van der Waals surface area (Å²) in [5.74, 6) is 0. The number of benzene rings is 2. The fourth-order valence-corrected chi connectivity index (χ4v) is 2.37. The van der Waals surface area contributed by atoms with E-state index in [9.17, 15) is 0 Å². The quantitative estimate of drug-likeness (QED) is 0.825. The number of thiocarbonyl (C=S) groups is 1. The molecule has 19 heavy (non-hydrogen) atoms. The van der Waals surface area contributed by atoms with Gasteiger partial charge in [0.25, 0.3) is 0 Å². The Morgan fingerprint density at radius 1 is 0.947 bits per heavy atom. The molecule has 2 rings (SSSR count). The van der Waals surface area contributed by atoms with E-state index in [2.05, 4.69) is 57.6 Å². The molecule has 98 valence electrons. The number of hydrogen-bond donors (Lipinski definition) is 1. The lowest BCUT2D eigenvalue weighted by molar-refractivity contribution is 0.864. The number of hydrogen-bond acceptors (Lipinski definition) is 1. The molecule has 0 bridgehead atoms. The highest BCUT2D eigenvalue weighted by molar-refractivity contribution is 9.10. The fourth-order valence-electron chi connectivity index (χ4n) is 1.84. The van der Waals surface area contributed by atoms with Crippen LogP contribution in [0.3, 0.4) is 0 Å². The van der Waals surface area contributed by atoms with Gasteiger partial charge in [0.05, 0.1) is 4.99 Å². The van der Waals surface area contributed by atoms with Crippen LogP contribution in [0.2, 0.25) is 0 Å². The maximum absolute atomic E-state index is 5.36. The van der Waals surface area contributed by atoms with E-state index in [1.807, 2.05) is 18.2 Å². The molecule has 1 nitrogen and oxygen atoms in total. The molecule has 0 aliphatic rings. The molecule has 0 aliphatic heterocycles. The second-order valence-corrected chi connectivity index (χ2v) is 5.80. The molecule has 0 amide bonds. The normalized spacial score (nSPS) is 10.2. The SMILES string of the molecule is S=C(Cc1ccc(Br)cc1)NCCc1ccccc1. The summed E-state index contributed by atoms with van der Waals surface area (Å²) in [6.45, 7) is 0.888. The van der Waals surface area contributed by atoms with E-state index in [0.717, 1.165) is 28.8 Å². The van der Waals surface area contributed by atoms with E-state index in [-0.39, 0.29) is 0 Å². The van der Waals surface area contributed by atoms with Crippen molar-refractivity contribution >= 4 is 33.1 Å². The van der Waals surface area contributed by atoms with E-state index in [0.29, 0.717) is 0 Å². The van der Waals surface area contributed by atoms with Crippen LogP contribution in [-0.2, 0) is 12.8 Å². The smallest absolute Gasteiger partial charge is 0.0797 e. The van der Waals surface area contributed by atoms with Crippen LogP contribution < -0.4 is 5.32 Å². The second-order valence-electron chi connectivity index (χ2n) is 4.39. The maximum Gasteiger partial charge on any atom is 0.0797 e. The van der Waals surface area contributed by atoms with Gasteiger partial charge in [-0.2, -0.15) is 0 Å². The average molecular weight is 334 g/mol. The molecule has 2 aromatic rings. The van der Waals surface area contributed by atoms with Crippen molar-refractivity contribution in [1.82, 2.24) is 5.32 Å². The number of nitrogens with one attached hydrogen (secondary N) is 1. The minimum atomic E-state index is 0.803. The molecule has 0 aromatic heterocycles. The number of rotatable bonds is 5. The lowest BCUT2D eigenvalue weighted by Gasteiger charge is -2.08. The summed E-state index contributed by atoms with van der Waals surface area (Å²) in [5.41, 5.74) is 2.57. The largest absolute Gasteiger partial charge is 0.379 e. The van der Waals surface area contributed by atoms with E-state index in [1.54, 1.807) is 0 Å².